The first-order valence-electron chi connectivity index (χ1n) is 7.62. The number of aromatic nitrogens is 1. The van der Waals surface area contributed by atoms with Gasteiger partial charge in [-0.1, -0.05) is 0 Å². The van der Waals surface area contributed by atoms with E-state index in [2.05, 4.69) is 10.3 Å². The molecule has 0 aliphatic carbocycles. The van der Waals surface area contributed by atoms with Crippen molar-refractivity contribution < 1.29 is 19.1 Å². The first-order valence-corrected chi connectivity index (χ1v) is 7.62. The SMILES string of the molecule is CCOC(=O)c1c(C)[nH]c(CCC(=O)NCCCOC)c1C. The lowest BCUT2D eigenvalue weighted by molar-refractivity contribution is -0.121. The lowest BCUT2D eigenvalue weighted by atomic mass is 10.1. The van der Waals surface area contributed by atoms with Crippen LogP contribution in [0, 0.1) is 13.8 Å². The normalized spacial score (nSPS) is 10.5. The van der Waals surface area contributed by atoms with Crippen molar-refractivity contribution in [3.63, 3.8) is 0 Å². The zero-order valence-electron chi connectivity index (χ0n) is 13.9. The Morgan fingerprint density at radius 2 is 2.00 bits per heavy atom. The van der Waals surface area contributed by atoms with Crippen LogP contribution < -0.4 is 5.32 Å². The molecule has 0 aliphatic rings. The van der Waals surface area contributed by atoms with Gasteiger partial charge in [-0.2, -0.15) is 0 Å². The maximum Gasteiger partial charge on any atom is 0.340 e. The summed E-state index contributed by atoms with van der Waals surface area (Å²) in [6.45, 7) is 7.10. The molecule has 0 bridgehead atoms. The van der Waals surface area contributed by atoms with E-state index in [1.807, 2.05) is 13.8 Å². The third kappa shape index (κ3) is 5.18. The Balaban J connectivity index is 2.55. The summed E-state index contributed by atoms with van der Waals surface area (Å²) in [5.41, 5.74) is 3.14. The van der Waals surface area contributed by atoms with E-state index in [1.54, 1.807) is 14.0 Å². The van der Waals surface area contributed by atoms with Gasteiger partial charge in [0.15, 0.2) is 0 Å². The van der Waals surface area contributed by atoms with E-state index in [0.717, 1.165) is 23.4 Å². The van der Waals surface area contributed by atoms with Gasteiger partial charge in [-0.05, 0) is 39.2 Å². The number of esters is 1. The largest absolute Gasteiger partial charge is 0.462 e. The number of aromatic amines is 1. The highest BCUT2D eigenvalue weighted by molar-refractivity contribution is 5.92. The van der Waals surface area contributed by atoms with Crippen LogP contribution in [0.3, 0.4) is 0 Å². The van der Waals surface area contributed by atoms with E-state index in [-0.39, 0.29) is 11.9 Å². The molecule has 0 aliphatic heterocycles. The van der Waals surface area contributed by atoms with E-state index in [1.165, 1.54) is 0 Å². The van der Waals surface area contributed by atoms with Crippen LogP contribution in [-0.4, -0.2) is 43.7 Å². The summed E-state index contributed by atoms with van der Waals surface area (Å²) in [4.78, 5) is 26.9. The summed E-state index contributed by atoms with van der Waals surface area (Å²) in [6.07, 6.45) is 1.76. The van der Waals surface area contributed by atoms with Gasteiger partial charge < -0.3 is 19.8 Å². The Morgan fingerprint density at radius 1 is 1.27 bits per heavy atom. The molecule has 0 saturated carbocycles. The fourth-order valence-corrected chi connectivity index (χ4v) is 2.35. The number of aryl methyl sites for hydroxylation is 2. The number of H-pyrrole nitrogens is 1. The molecule has 6 heteroatoms. The summed E-state index contributed by atoms with van der Waals surface area (Å²) in [7, 11) is 1.64. The van der Waals surface area contributed by atoms with E-state index in [4.69, 9.17) is 9.47 Å². The van der Waals surface area contributed by atoms with Gasteiger partial charge in [0, 0.05) is 38.1 Å². The predicted molar refractivity (Wildman–Crippen MR) is 84.0 cm³/mol. The van der Waals surface area contributed by atoms with Crippen molar-refractivity contribution in [1.29, 1.82) is 0 Å². The number of carbonyl (C=O) groups is 2. The van der Waals surface area contributed by atoms with E-state index in [0.29, 0.717) is 38.2 Å². The third-order valence-corrected chi connectivity index (χ3v) is 3.47. The molecule has 1 aromatic heterocycles. The second kappa shape index (κ2) is 9.25. The molecule has 1 aromatic rings. The molecule has 0 atom stereocenters. The number of hydrogen-bond acceptors (Lipinski definition) is 4. The van der Waals surface area contributed by atoms with Crippen LogP contribution in [-0.2, 0) is 20.7 Å². The second-order valence-electron chi connectivity index (χ2n) is 5.15. The molecule has 0 radical (unpaired) electrons. The van der Waals surface area contributed by atoms with E-state index in [9.17, 15) is 9.59 Å². The lowest BCUT2D eigenvalue weighted by Gasteiger charge is -2.05. The minimum absolute atomic E-state index is 0.000408. The zero-order chi connectivity index (χ0) is 16.5. The molecule has 6 nitrogen and oxygen atoms in total. The number of hydrogen-bond donors (Lipinski definition) is 2. The molecular formula is C16H26N2O4. The maximum absolute atomic E-state index is 11.9. The van der Waals surface area contributed by atoms with Gasteiger partial charge in [-0.15, -0.1) is 0 Å². The van der Waals surface area contributed by atoms with Gasteiger partial charge in [0.1, 0.15) is 0 Å². The Bertz CT molecular complexity index is 508. The quantitative estimate of drug-likeness (QED) is 0.539. The zero-order valence-corrected chi connectivity index (χ0v) is 13.9. The van der Waals surface area contributed by atoms with Crippen molar-refractivity contribution in [1.82, 2.24) is 10.3 Å². The summed E-state index contributed by atoms with van der Waals surface area (Å²) in [5, 5.41) is 2.85. The number of rotatable bonds is 9. The van der Waals surface area contributed by atoms with Crippen LogP contribution in [0.4, 0.5) is 0 Å². The smallest absolute Gasteiger partial charge is 0.340 e. The molecular weight excluding hydrogens is 284 g/mol. The average molecular weight is 310 g/mol. The van der Waals surface area contributed by atoms with Gasteiger partial charge in [-0.25, -0.2) is 4.79 Å². The van der Waals surface area contributed by atoms with Gasteiger partial charge in [0.05, 0.1) is 12.2 Å². The van der Waals surface area contributed by atoms with Crippen molar-refractivity contribution in [3.8, 4) is 0 Å². The first kappa shape index (κ1) is 18.2. The molecule has 1 amide bonds. The highest BCUT2D eigenvalue weighted by Gasteiger charge is 2.19. The Labute approximate surface area is 131 Å². The predicted octanol–water partition coefficient (Wildman–Crippen LogP) is 1.89. The molecule has 0 spiro atoms. The van der Waals surface area contributed by atoms with Crippen LogP contribution in [0.2, 0.25) is 0 Å². The van der Waals surface area contributed by atoms with E-state index >= 15 is 0 Å². The van der Waals surface area contributed by atoms with Crippen LogP contribution in [0.1, 0.15) is 47.1 Å². The minimum atomic E-state index is -0.316. The van der Waals surface area contributed by atoms with Crippen LogP contribution >= 0.6 is 0 Å². The molecule has 22 heavy (non-hydrogen) atoms. The molecule has 0 aromatic carbocycles. The minimum Gasteiger partial charge on any atom is -0.462 e. The summed E-state index contributed by atoms with van der Waals surface area (Å²) >= 11 is 0. The number of nitrogens with one attached hydrogen (secondary N) is 2. The van der Waals surface area contributed by atoms with Crippen LogP contribution in [0.25, 0.3) is 0 Å². The van der Waals surface area contributed by atoms with Crippen LogP contribution in [0.5, 0.6) is 0 Å². The summed E-state index contributed by atoms with van der Waals surface area (Å²) in [6, 6.07) is 0. The highest BCUT2D eigenvalue weighted by Crippen LogP contribution is 2.20. The van der Waals surface area contributed by atoms with Crippen molar-refractivity contribution in [2.24, 2.45) is 0 Å². The fourth-order valence-electron chi connectivity index (χ4n) is 2.35. The Morgan fingerprint density at radius 3 is 2.64 bits per heavy atom. The fraction of sp³-hybridized carbons (Fsp3) is 0.625. The first-order chi connectivity index (χ1) is 10.5. The van der Waals surface area contributed by atoms with Crippen molar-refractivity contribution in [3.05, 3.63) is 22.5 Å². The second-order valence-corrected chi connectivity index (χ2v) is 5.15. The van der Waals surface area contributed by atoms with Gasteiger partial charge in [0.25, 0.3) is 0 Å². The summed E-state index contributed by atoms with van der Waals surface area (Å²) in [5.74, 6) is -0.315. The molecule has 1 heterocycles. The van der Waals surface area contributed by atoms with Crippen molar-refractivity contribution in [2.75, 3.05) is 26.9 Å². The third-order valence-electron chi connectivity index (χ3n) is 3.47. The maximum atomic E-state index is 11.9. The molecule has 0 unspecified atom stereocenters. The number of ether oxygens (including phenoxy) is 2. The van der Waals surface area contributed by atoms with Gasteiger partial charge in [-0.3, -0.25) is 4.79 Å². The Kier molecular flexibility index (Phi) is 7.66. The van der Waals surface area contributed by atoms with E-state index < -0.39 is 0 Å². The van der Waals surface area contributed by atoms with Crippen molar-refractivity contribution >= 4 is 11.9 Å². The highest BCUT2D eigenvalue weighted by atomic mass is 16.5. The average Bonchev–Trinajstić information content (AvgIpc) is 2.76. The molecule has 1 rings (SSSR count). The molecule has 2 N–H and O–H groups in total. The molecule has 0 saturated heterocycles. The molecule has 124 valence electrons. The Hall–Kier alpha value is -1.82. The van der Waals surface area contributed by atoms with Gasteiger partial charge in [0.2, 0.25) is 5.91 Å². The van der Waals surface area contributed by atoms with Crippen molar-refractivity contribution in [2.45, 2.75) is 40.0 Å². The van der Waals surface area contributed by atoms with Crippen LogP contribution in [0.15, 0.2) is 0 Å². The topological polar surface area (TPSA) is 80.4 Å². The standard InChI is InChI=1S/C16H26N2O4/c1-5-22-16(20)15-11(2)13(18-12(15)3)7-8-14(19)17-9-6-10-21-4/h18H,5-10H2,1-4H3,(H,17,19). The number of carbonyl (C=O) groups excluding carboxylic acids is 2. The number of amides is 1. The lowest BCUT2D eigenvalue weighted by Crippen LogP contribution is -2.25. The monoisotopic (exact) mass is 310 g/mol. The summed E-state index contributed by atoms with van der Waals surface area (Å²) < 4.78 is 9.98. The number of methoxy groups -OCH3 is 1. The van der Waals surface area contributed by atoms with Gasteiger partial charge >= 0.3 is 5.97 Å². The molecule has 0 fully saturated rings.